The van der Waals surface area contributed by atoms with Gasteiger partial charge in [-0.05, 0) is 77.9 Å². The molecule has 3 heterocycles. The van der Waals surface area contributed by atoms with E-state index in [2.05, 4.69) is 202 Å². The van der Waals surface area contributed by atoms with Gasteiger partial charge in [0.1, 0.15) is 0 Å². The van der Waals surface area contributed by atoms with Crippen LogP contribution in [-0.2, 0) is 0 Å². The van der Waals surface area contributed by atoms with Crippen molar-refractivity contribution in [3.63, 3.8) is 0 Å². The highest BCUT2D eigenvalue weighted by atomic mass is 15.0. The summed E-state index contributed by atoms with van der Waals surface area (Å²) in [7, 11) is 0. The molecule has 51 heavy (non-hydrogen) atoms. The number of hydrogen-bond donors (Lipinski definition) is 0. The van der Waals surface area contributed by atoms with Crippen molar-refractivity contribution >= 4 is 65.4 Å². The molecule has 8 aromatic carbocycles. The van der Waals surface area contributed by atoms with E-state index in [0.717, 1.165) is 17.1 Å². The van der Waals surface area contributed by atoms with Crippen molar-refractivity contribution in [2.75, 3.05) is 0 Å². The number of nitrogens with zero attached hydrogens (tertiary/aromatic N) is 3. The van der Waals surface area contributed by atoms with E-state index in [1.807, 2.05) is 0 Å². The maximum absolute atomic E-state index is 2.45. The van der Waals surface area contributed by atoms with Gasteiger partial charge in [-0.2, -0.15) is 0 Å². The van der Waals surface area contributed by atoms with Crippen LogP contribution >= 0.6 is 0 Å². The van der Waals surface area contributed by atoms with Crippen molar-refractivity contribution in [2.45, 2.75) is 0 Å². The molecule has 0 unspecified atom stereocenters. The van der Waals surface area contributed by atoms with Gasteiger partial charge in [0.25, 0.3) is 0 Å². The summed E-state index contributed by atoms with van der Waals surface area (Å²) in [6.45, 7) is 0. The fourth-order valence-electron chi connectivity index (χ4n) is 8.48. The Kier molecular flexibility index (Phi) is 5.96. The molecule has 0 fully saturated rings. The van der Waals surface area contributed by atoms with Crippen molar-refractivity contribution in [1.29, 1.82) is 0 Å². The van der Waals surface area contributed by atoms with Crippen molar-refractivity contribution in [3.8, 4) is 28.2 Å². The van der Waals surface area contributed by atoms with Gasteiger partial charge < -0.3 is 13.7 Å². The van der Waals surface area contributed by atoms with Crippen LogP contribution in [0.15, 0.2) is 188 Å². The van der Waals surface area contributed by atoms with Crippen LogP contribution in [-0.4, -0.2) is 13.7 Å². The first-order valence-corrected chi connectivity index (χ1v) is 17.5. The lowest BCUT2D eigenvalue weighted by molar-refractivity contribution is 1.13. The Morgan fingerprint density at radius 2 is 0.627 bits per heavy atom. The molecular formula is C48H31N3. The van der Waals surface area contributed by atoms with Crippen LogP contribution in [0.1, 0.15) is 0 Å². The van der Waals surface area contributed by atoms with Gasteiger partial charge in [-0.25, -0.2) is 0 Å². The lowest BCUT2D eigenvalue weighted by Gasteiger charge is -2.13. The maximum Gasteiger partial charge on any atom is 0.0548 e. The van der Waals surface area contributed by atoms with Crippen LogP contribution in [0.2, 0.25) is 0 Å². The second-order valence-corrected chi connectivity index (χ2v) is 13.4. The first-order valence-electron chi connectivity index (χ1n) is 17.5. The fraction of sp³-hybridized carbons (Fsp3) is 0. The topological polar surface area (TPSA) is 14.8 Å². The second kappa shape index (κ2) is 10.8. The minimum Gasteiger partial charge on any atom is -0.309 e. The summed E-state index contributed by atoms with van der Waals surface area (Å²) in [4.78, 5) is 0. The highest BCUT2D eigenvalue weighted by molar-refractivity contribution is 6.29. The number of aromatic nitrogens is 3. The molecule has 3 heteroatoms. The van der Waals surface area contributed by atoms with Crippen molar-refractivity contribution in [1.82, 2.24) is 13.7 Å². The summed E-state index contributed by atoms with van der Waals surface area (Å²) in [5, 5.41) is 7.60. The largest absolute Gasteiger partial charge is 0.309 e. The Labute approximate surface area is 294 Å². The minimum absolute atomic E-state index is 1.14. The molecule has 0 saturated carbocycles. The Hall–Kier alpha value is -6.84. The summed E-state index contributed by atoms with van der Waals surface area (Å²) in [6.07, 6.45) is 0. The second-order valence-electron chi connectivity index (χ2n) is 13.4. The van der Waals surface area contributed by atoms with Crippen LogP contribution < -0.4 is 0 Å². The molecule has 0 aliphatic heterocycles. The van der Waals surface area contributed by atoms with E-state index in [4.69, 9.17) is 0 Å². The van der Waals surface area contributed by atoms with Crippen LogP contribution in [0.3, 0.4) is 0 Å². The number of para-hydroxylation sites is 4. The summed E-state index contributed by atoms with van der Waals surface area (Å²) >= 11 is 0. The number of rotatable bonds is 4. The highest BCUT2D eigenvalue weighted by Crippen LogP contribution is 2.43. The average molecular weight is 650 g/mol. The van der Waals surface area contributed by atoms with E-state index in [1.165, 1.54) is 76.5 Å². The molecule has 3 aromatic heterocycles. The van der Waals surface area contributed by atoms with Gasteiger partial charge in [-0.15, -0.1) is 0 Å². The third kappa shape index (κ3) is 4.06. The lowest BCUT2D eigenvalue weighted by atomic mass is 10.1. The van der Waals surface area contributed by atoms with Gasteiger partial charge in [-0.1, -0.05) is 121 Å². The molecule has 3 nitrogen and oxygen atoms in total. The standard InChI is InChI=1S/C48H31N3/c1-2-13-32(14-3-1)33-25-27-34(28-26-33)49-43-23-10-6-19-39(43)47-45(49)29-30-46-48(47)40-20-7-11-24-44(40)51(46)36-16-12-15-35(31-36)50-41-21-8-4-17-37(41)38-18-5-9-22-42(38)50/h1-31H. The lowest BCUT2D eigenvalue weighted by Crippen LogP contribution is -1.98. The molecule has 11 aromatic rings. The number of fused-ring (bicyclic) bond motifs is 10. The summed E-state index contributed by atoms with van der Waals surface area (Å²) in [5.74, 6) is 0. The fourth-order valence-corrected chi connectivity index (χ4v) is 8.48. The van der Waals surface area contributed by atoms with Crippen LogP contribution in [0.4, 0.5) is 0 Å². The van der Waals surface area contributed by atoms with E-state index in [9.17, 15) is 0 Å². The Balaban J connectivity index is 1.16. The Morgan fingerprint density at radius 3 is 1.16 bits per heavy atom. The molecule has 0 radical (unpaired) electrons. The third-order valence-corrected chi connectivity index (χ3v) is 10.6. The highest BCUT2D eigenvalue weighted by Gasteiger charge is 2.21. The van der Waals surface area contributed by atoms with E-state index in [-0.39, 0.29) is 0 Å². The molecule has 0 aliphatic rings. The zero-order chi connectivity index (χ0) is 33.5. The van der Waals surface area contributed by atoms with E-state index in [0.29, 0.717) is 0 Å². The molecular weight excluding hydrogens is 619 g/mol. The summed E-state index contributed by atoms with van der Waals surface area (Å²) < 4.78 is 7.27. The number of benzene rings is 8. The Morgan fingerprint density at radius 1 is 0.235 bits per heavy atom. The average Bonchev–Trinajstić information content (AvgIpc) is 3.84. The van der Waals surface area contributed by atoms with Gasteiger partial charge in [0.2, 0.25) is 0 Å². The van der Waals surface area contributed by atoms with Crippen molar-refractivity contribution in [3.05, 3.63) is 188 Å². The molecule has 11 rings (SSSR count). The summed E-state index contributed by atoms with van der Waals surface area (Å²) in [6, 6.07) is 68.3. The molecule has 0 amide bonds. The smallest absolute Gasteiger partial charge is 0.0548 e. The predicted octanol–water partition coefficient (Wildman–Crippen LogP) is 12.6. The van der Waals surface area contributed by atoms with Crippen molar-refractivity contribution < 1.29 is 0 Å². The predicted molar refractivity (Wildman–Crippen MR) is 215 cm³/mol. The third-order valence-electron chi connectivity index (χ3n) is 10.6. The van der Waals surface area contributed by atoms with Gasteiger partial charge in [0, 0.05) is 49.4 Å². The molecule has 0 spiro atoms. The SMILES string of the molecule is c1ccc(-c2ccc(-n3c4ccccc4c4c5c6ccccc6n(-c6cccc(-n7c8ccccc8c8ccccc87)c6)c5ccc43)cc2)cc1. The van der Waals surface area contributed by atoms with Gasteiger partial charge in [0.05, 0.1) is 33.1 Å². The molecule has 238 valence electrons. The van der Waals surface area contributed by atoms with Crippen LogP contribution in [0.5, 0.6) is 0 Å². The van der Waals surface area contributed by atoms with Gasteiger partial charge in [0.15, 0.2) is 0 Å². The molecule has 0 aliphatic carbocycles. The molecule has 0 atom stereocenters. The number of hydrogen-bond acceptors (Lipinski definition) is 0. The zero-order valence-corrected chi connectivity index (χ0v) is 27.7. The van der Waals surface area contributed by atoms with Crippen molar-refractivity contribution in [2.24, 2.45) is 0 Å². The van der Waals surface area contributed by atoms with Crippen LogP contribution in [0, 0.1) is 0 Å². The van der Waals surface area contributed by atoms with Crippen LogP contribution in [0.25, 0.3) is 93.6 Å². The first-order chi connectivity index (χ1) is 25.3. The van der Waals surface area contributed by atoms with E-state index in [1.54, 1.807) is 0 Å². The quantitative estimate of drug-likeness (QED) is 0.180. The van der Waals surface area contributed by atoms with Gasteiger partial charge in [-0.3, -0.25) is 0 Å². The monoisotopic (exact) mass is 649 g/mol. The minimum atomic E-state index is 1.14. The summed E-state index contributed by atoms with van der Waals surface area (Å²) in [5.41, 5.74) is 13.1. The van der Waals surface area contributed by atoms with E-state index >= 15 is 0 Å². The van der Waals surface area contributed by atoms with Gasteiger partial charge >= 0.3 is 0 Å². The maximum atomic E-state index is 2.45. The zero-order valence-electron chi connectivity index (χ0n) is 27.7. The molecule has 0 N–H and O–H groups in total. The first kappa shape index (κ1) is 28.0. The normalized spacial score (nSPS) is 11.9. The van der Waals surface area contributed by atoms with E-state index < -0.39 is 0 Å². The Bertz CT molecular complexity index is 3070. The molecule has 0 bridgehead atoms. The molecule has 0 saturated heterocycles.